The standard InChI is InChI=1S/C14H23N5O2/c1-14(2,3)21-13(20)17-10-6-8-19(9-10)11-5-7-16-12(15-4)18-11/h5,7,10H,6,8-9H2,1-4H3,(H,17,20)(H,15,16,18). The van der Waals surface area contributed by atoms with Crippen LogP contribution in [0.2, 0.25) is 0 Å². The lowest BCUT2D eigenvalue weighted by molar-refractivity contribution is 0.0509. The smallest absolute Gasteiger partial charge is 0.407 e. The third kappa shape index (κ3) is 4.47. The summed E-state index contributed by atoms with van der Waals surface area (Å²) in [6.07, 6.45) is 2.23. The van der Waals surface area contributed by atoms with E-state index in [-0.39, 0.29) is 12.1 Å². The van der Waals surface area contributed by atoms with Gasteiger partial charge in [0.1, 0.15) is 11.4 Å². The second-order valence-corrected chi connectivity index (χ2v) is 6.07. The van der Waals surface area contributed by atoms with Crippen molar-refractivity contribution in [3.05, 3.63) is 12.3 Å². The largest absolute Gasteiger partial charge is 0.444 e. The SMILES string of the molecule is CNc1nccc(N2CCC(NC(=O)OC(C)(C)C)C2)n1. The van der Waals surface area contributed by atoms with Crippen LogP contribution in [0.4, 0.5) is 16.6 Å². The Bertz CT molecular complexity index is 500. The van der Waals surface area contributed by atoms with Crippen LogP contribution in [0.25, 0.3) is 0 Å². The van der Waals surface area contributed by atoms with Crippen LogP contribution in [-0.4, -0.2) is 47.8 Å². The topological polar surface area (TPSA) is 79.4 Å². The van der Waals surface area contributed by atoms with Gasteiger partial charge in [0.25, 0.3) is 0 Å². The van der Waals surface area contributed by atoms with Gasteiger partial charge in [0.15, 0.2) is 0 Å². The molecule has 1 amide bonds. The van der Waals surface area contributed by atoms with Crippen LogP contribution in [0.5, 0.6) is 0 Å². The highest BCUT2D eigenvalue weighted by atomic mass is 16.6. The molecule has 1 saturated heterocycles. The summed E-state index contributed by atoms with van der Waals surface area (Å²) in [5, 5.41) is 5.82. The third-order valence-corrected chi connectivity index (χ3v) is 3.10. The predicted molar refractivity (Wildman–Crippen MR) is 81.6 cm³/mol. The van der Waals surface area contributed by atoms with Gasteiger partial charge < -0.3 is 20.3 Å². The van der Waals surface area contributed by atoms with Crippen molar-refractivity contribution in [2.24, 2.45) is 0 Å². The van der Waals surface area contributed by atoms with Crippen molar-refractivity contribution >= 4 is 17.9 Å². The molecule has 0 bridgehead atoms. The number of carbonyl (C=O) groups is 1. The Kier molecular flexibility index (Phi) is 4.50. The fraction of sp³-hybridized carbons (Fsp3) is 0.643. The number of nitrogens with zero attached hydrogens (tertiary/aromatic N) is 3. The molecular formula is C14H23N5O2. The van der Waals surface area contributed by atoms with Crippen molar-refractivity contribution in [2.45, 2.75) is 38.8 Å². The number of carbonyl (C=O) groups excluding carboxylic acids is 1. The average Bonchev–Trinajstić information content (AvgIpc) is 2.85. The highest BCUT2D eigenvalue weighted by Crippen LogP contribution is 2.19. The van der Waals surface area contributed by atoms with Gasteiger partial charge in [0.2, 0.25) is 5.95 Å². The number of hydrogen-bond donors (Lipinski definition) is 2. The van der Waals surface area contributed by atoms with Crippen molar-refractivity contribution in [2.75, 3.05) is 30.4 Å². The van der Waals surface area contributed by atoms with Crippen molar-refractivity contribution in [1.82, 2.24) is 15.3 Å². The molecule has 2 heterocycles. The molecule has 116 valence electrons. The number of rotatable bonds is 3. The van der Waals surface area contributed by atoms with Crippen LogP contribution in [0, 0.1) is 0 Å². The molecule has 1 atom stereocenters. The number of alkyl carbamates (subject to hydrolysis) is 1. The Labute approximate surface area is 125 Å². The number of nitrogens with one attached hydrogen (secondary N) is 2. The number of amides is 1. The third-order valence-electron chi connectivity index (χ3n) is 3.10. The summed E-state index contributed by atoms with van der Waals surface area (Å²) in [5.41, 5.74) is -0.475. The fourth-order valence-corrected chi connectivity index (χ4v) is 2.21. The molecule has 1 fully saturated rings. The van der Waals surface area contributed by atoms with Crippen LogP contribution in [0.3, 0.4) is 0 Å². The molecule has 0 spiro atoms. The molecule has 0 radical (unpaired) electrons. The molecule has 7 nitrogen and oxygen atoms in total. The van der Waals surface area contributed by atoms with Crippen LogP contribution < -0.4 is 15.5 Å². The molecule has 1 aliphatic heterocycles. The van der Waals surface area contributed by atoms with Crippen LogP contribution in [-0.2, 0) is 4.74 Å². The molecule has 2 N–H and O–H groups in total. The minimum atomic E-state index is -0.475. The van der Waals surface area contributed by atoms with E-state index < -0.39 is 5.60 Å². The lowest BCUT2D eigenvalue weighted by Gasteiger charge is -2.22. The van der Waals surface area contributed by atoms with Crippen LogP contribution in [0.1, 0.15) is 27.2 Å². The maximum Gasteiger partial charge on any atom is 0.407 e. The van der Waals surface area contributed by atoms with Gasteiger partial charge in [-0.2, -0.15) is 4.98 Å². The zero-order chi connectivity index (χ0) is 15.5. The normalized spacial score (nSPS) is 18.5. The maximum atomic E-state index is 11.8. The van der Waals surface area contributed by atoms with Gasteiger partial charge in [-0.3, -0.25) is 0 Å². The van der Waals surface area contributed by atoms with E-state index in [1.165, 1.54) is 0 Å². The Morgan fingerprint density at radius 1 is 1.48 bits per heavy atom. The molecule has 0 aliphatic carbocycles. The van der Waals surface area contributed by atoms with E-state index in [0.717, 1.165) is 25.3 Å². The van der Waals surface area contributed by atoms with Crippen molar-refractivity contribution in [1.29, 1.82) is 0 Å². The molecule has 1 aromatic rings. The molecule has 2 rings (SSSR count). The second-order valence-electron chi connectivity index (χ2n) is 6.07. The van der Waals surface area contributed by atoms with E-state index in [9.17, 15) is 4.79 Å². The van der Waals surface area contributed by atoms with E-state index in [1.807, 2.05) is 26.8 Å². The fourth-order valence-electron chi connectivity index (χ4n) is 2.21. The first-order valence-corrected chi connectivity index (χ1v) is 7.12. The first-order valence-electron chi connectivity index (χ1n) is 7.12. The maximum absolute atomic E-state index is 11.8. The minimum absolute atomic E-state index is 0.0767. The molecule has 21 heavy (non-hydrogen) atoms. The first-order chi connectivity index (χ1) is 9.87. The number of aromatic nitrogens is 2. The highest BCUT2D eigenvalue weighted by molar-refractivity contribution is 5.68. The molecular weight excluding hydrogens is 270 g/mol. The molecule has 0 aromatic carbocycles. The lowest BCUT2D eigenvalue weighted by Crippen LogP contribution is -2.40. The molecule has 0 saturated carbocycles. The number of ether oxygens (including phenoxy) is 1. The molecule has 1 aromatic heterocycles. The Morgan fingerprint density at radius 2 is 2.24 bits per heavy atom. The number of hydrogen-bond acceptors (Lipinski definition) is 6. The summed E-state index contributed by atoms with van der Waals surface area (Å²) >= 11 is 0. The summed E-state index contributed by atoms with van der Waals surface area (Å²) in [5.74, 6) is 1.46. The van der Waals surface area contributed by atoms with Gasteiger partial charge in [-0.1, -0.05) is 0 Å². The molecule has 1 aliphatic rings. The van der Waals surface area contributed by atoms with Gasteiger partial charge in [-0.15, -0.1) is 0 Å². The van der Waals surface area contributed by atoms with E-state index >= 15 is 0 Å². The summed E-state index contributed by atoms with van der Waals surface area (Å²) in [6.45, 7) is 7.13. The highest BCUT2D eigenvalue weighted by Gasteiger charge is 2.26. The van der Waals surface area contributed by atoms with Crippen molar-refractivity contribution in [3.63, 3.8) is 0 Å². The zero-order valence-corrected chi connectivity index (χ0v) is 13.0. The van der Waals surface area contributed by atoms with E-state index in [4.69, 9.17) is 4.74 Å². The van der Waals surface area contributed by atoms with E-state index in [1.54, 1.807) is 13.2 Å². The Balaban J connectivity index is 1.90. The second kappa shape index (κ2) is 6.15. The molecule has 7 heteroatoms. The van der Waals surface area contributed by atoms with Crippen LogP contribution >= 0.6 is 0 Å². The monoisotopic (exact) mass is 293 g/mol. The Morgan fingerprint density at radius 3 is 2.90 bits per heavy atom. The van der Waals surface area contributed by atoms with Gasteiger partial charge in [0.05, 0.1) is 6.04 Å². The molecule has 1 unspecified atom stereocenters. The predicted octanol–water partition coefficient (Wildman–Crippen LogP) is 1.62. The summed E-state index contributed by atoms with van der Waals surface area (Å²) in [6, 6.07) is 1.95. The average molecular weight is 293 g/mol. The van der Waals surface area contributed by atoms with Crippen molar-refractivity contribution < 1.29 is 9.53 Å². The number of anilines is 2. The van der Waals surface area contributed by atoms with Gasteiger partial charge in [-0.05, 0) is 33.3 Å². The quantitative estimate of drug-likeness (QED) is 0.881. The minimum Gasteiger partial charge on any atom is -0.444 e. The van der Waals surface area contributed by atoms with Gasteiger partial charge in [-0.25, -0.2) is 9.78 Å². The van der Waals surface area contributed by atoms with Crippen molar-refractivity contribution in [3.8, 4) is 0 Å². The lowest BCUT2D eigenvalue weighted by atomic mass is 10.2. The first kappa shape index (κ1) is 15.3. The van der Waals surface area contributed by atoms with Gasteiger partial charge >= 0.3 is 6.09 Å². The van der Waals surface area contributed by atoms with E-state index in [0.29, 0.717) is 5.95 Å². The van der Waals surface area contributed by atoms with E-state index in [2.05, 4.69) is 25.5 Å². The van der Waals surface area contributed by atoms with Gasteiger partial charge in [0, 0.05) is 26.3 Å². The summed E-state index contributed by atoms with van der Waals surface area (Å²) in [4.78, 5) is 22.4. The Hall–Kier alpha value is -2.05. The van der Waals surface area contributed by atoms with Crippen LogP contribution in [0.15, 0.2) is 12.3 Å². The zero-order valence-electron chi connectivity index (χ0n) is 13.0. The summed E-state index contributed by atoms with van der Waals surface area (Å²) in [7, 11) is 1.79. The summed E-state index contributed by atoms with van der Waals surface area (Å²) < 4.78 is 5.27.